The summed E-state index contributed by atoms with van der Waals surface area (Å²) in [6.07, 6.45) is 2.11. The molecule has 1 aliphatic heterocycles. The van der Waals surface area contributed by atoms with Crippen molar-refractivity contribution in [2.24, 2.45) is 0 Å². The van der Waals surface area contributed by atoms with Crippen LogP contribution in [0.5, 0.6) is 0 Å². The van der Waals surface area contributed by atoms with Crippen LogP contribution < -0.4 is 10.6 Å². The van der Waals surface area contributed by atoms with E-state index in [0.29, 0.717) is 16.6 Å². The number of benzene rings is 1. The Bertz CT molecular complexity index is 447. The highest BCUT2D eigenvalue weighted by Crippen LogP contribution is 2.20. The van der Waals surface area contributed by atoms with Crippen LogP contribution in [0.1, 0.15) is 35.7 Å². The molecule has 2 rings (SSSR count). The Kier molecular flexibility index (Phi) is 4.25. The van der Waals surface area contributed by atoms with Gasteiger partial charge in [0.2, 0.25) is 0 Å². The summed E-state index contributed by atoms with van der Waals surface area (Å²) in [4.78, 5) is 12.2. The third-order valence-corrected chi connectivity index (χ3v) is 4.02. The third kappa shape index (κ3) is 2.85. The first-order valence-electron chi connectivity index (χ1n) is 6.39. The first-order chi connectivity index (χ1) is 8.59. The molecule has 2 atom stereocenters. The second-order valence-corrected chi connectivity index (χ2v) is 5.28. The van der Waals surface area contributed by atoms with Crippen LogP contribution in [0.25, 0.3) is 0 Å². The summed E-state index contributed by atoms with van der Waals surface area (Å²) < 4.78 is 0. The number of hydrogen-bond acceptors (Lipinski definition) is 2. The third-order valence-electron chi connectivity index (χ3n) is 3.51. The fraction of sp³-hybridized carbons (Fsp3) is 0.500. The zero-order chi connectivity index (χ0) is 13.1. The fourth-order valence-electron chi connectivity index (χ4n) is 2.31. The standard InChI is InChI=1S/C14H19ClN2O/c1-9-5-3-6-11(13(9)15)14(18)17-12-7-4-8-16-10(12)2/h3,5-6,10,12,16H,4,7-8H2,1-2H3,(H,17,18). The summed E-state index contributed by atoms with van der Waals surface area (Å²) in [7, 11) is 0. The molecule has 2 unspecified atom stereocenters. The van der Waals surface area contributed by atoms with Crippen LogP contribution >= 0.6 is 11.6 Å². The zero-order valence-corrected chi connectivity index (χ0v) is 11.6. The van der Waals surface area contributed by atoms with Gasteiger partial charge in [-0.1, -0.05) is 23.7 Å². The van der Waals surface area contributed by atoms with E-state index in [9.17, 15) is 4.79 Å². The van der Waals surface area contributed by atoms with Gasteiger partial charge in [-0.25, -0.2) is 0 Å². The van der Waals surface area contributed by atoms with E-state index in [0.717, 1.165) is 24.9 Å². The normalized spacial score (nSPS) is 23.7. The molecule has 1 heterocycles. The molecule has 0 aromatic heterocycles. The first kappa shape index (κ1) is 13.4. The lowest BCUT2D eigenvalue weighted by Crippen LogP contribution is -2.51. The van der Waals surface area contributed by atoms with Gasteiger partial charge < -0.3 is 10.6 Å². The maximum Gasteiger partial charge on any atom is 0.253 e. The molecule has 1 fully saturated rings. The average molecular weight is 267 g/mol. The lowest BCUT2D eigenvalue weighted by Gasteiger charge is -2.30. The summed E-state index contributed by atoms with van der Waals surface area (Å²) >= 11 is 6.17. The van der Waals surface area contributed by atoms with Crippen molar-refractivity contribution in [2.75, 3.05) is 6.54 Å². The average Bonchev–Trinajstić information content (AvgIpc) is 2.35. The van der Waals surface area contributed by atoms with Crippen LogP contribution in [0.4, 0.5) is 0 Å². The van der Waals surface area contributed by atoms with E-state index in [1.54, 1.807) is 6.07 Å². The fourth-order valence-corrected chi connectivity index (χ4v) is 2.52. The van der Waals surface area contributed by atoms with Crippen molar-refractivity contribution in [3.63, 3.8) is 0 Å². The van der Waals surface area contributed by atoms with E-state index in [1.165, 1.54) is 0 Å². The van der Waals surface area contributed by atoms with Crippen LogP contribution in [0, 0.1) is 6.92 Å². The van der Waals surface area contributed by atoms with Gasteiger partial charge in [-0.2, -0.15) is 0 Å². The Balaban J connectivity index is 2.09. The minimum atomic E-state index is -0.0794. The highest BCUT2D eigenvalue weighted by Gasteiger charge is 2.23. The van der Waals surface area contributed by atoms with Gasteiger partial charge >= 0.3 is 0 Å². The molecule has 0 aliphatic carbocycles. The molecule has 18 heavy (non-hydrogen) atoms. The van der Waals surface area contributed by atoms with E-state index in [-0.39, 0.29) is 11.9 Å². The number of halogens is 1. The van der Waals surface area contributed by atoms with Crippen LogP contribution in [-0.4, -0.2) is 24.5 Å². The largest absolute Gasteiger partial charge is 0.348 e. The molecule has 0 saturated carbocycles. The van der Waals surface area contributed by atoms with Crippen molar-refractivity contribution in [1.29, 1.82) is 0 Å². The molecule has 1 saturated heterocycles. The van der Waals surface area contributed by atoms with Crippen LogP contribution in [0.15, 0.2) is 18.2 Å². The summed E-state index contributed by atoms with van der Waals surface area (Å²) in [6, 6.07) is 6.03. The van der Waals surface area contributed by atoms with Crippen LogP contribution in [0.2, 0.25) is 5.02 Å². The Morgan fingerprint density at radius 3 is 3.00 bits per heavy atom. The van der Waals surface area contributed by atoms with E-state index in [1.807, 2.05) is 19.1 Å². The number of carbonyl (C=O) groups is 1. The van der Waals surface area contributed by atoms with E-state index in [4.69, 9.17) is 11.6 Å². The Morgan fingerprint density at radius 1 is 1.50 bits per heavy atom. The van der Waals surface area contributed by atoms with E-state index in [2.05, 4.69) is 17.6 Å². The Hall–Kier alpha value is -1.06. The van der Waals surface area contributed by atoms with E-state index < -0.39 is 0 Å². The zero-order valence-electron chi connectivity index (χ0n) is 10.8. The first-order valence-corrected chi connectivity index (χ1v) is 6.76. The predicted octanol–water partition coefficient (Wildman–Crippen LogP) is 2.52. The number of nitrogens with one attached hydrogen (secondary N) is 2. The minimum absolute atomic E-state index is 0.0794. The molecule has 3 nitrogen and oxygen atoms in total. The highest BCUT2D eigenvalue weighted by atomic mass is 35.5. The minimum Gasteiger partial charge on any atom is -0.348 e. The second-order valence-electron chi connectivity index (χ2n) is 4.90. The molecular formula is C14H19ClN2O. The number of piperidine rings is 1. The summed E-state index contributed by atoms with van der Waals surface area (Å²) in [5.41, 5.74) is 1.49. The smallest absolute Gasteiger partial charge is 0.253 e. The van der Waals surface area contributed by atoms with Crippen molar-refractivity contribution in [3.05, 3.63) is 34.3 Å². The lowest BCUT2D eigenvalue weighted by atomic mass is 9.99. The Labute approximate surface area is 113 Å². The molecule has 1 amide bonds. The number of amides is 1. The summed E-state index contributed by atoms with van der Waals surface area (Å²) in [6.45, 7) is 5.03. The molecule has 1 aromatic rings. The number of rotatable bonds is 2. The molecule has 2 N–H and O–H groups in total. The van der Waals surface area contributed by atoms with Crippen molar-refractivity contribution in [1.82, 2.24) is 10.6 Å². The summed E-state index contributed by atoms with van der Waals surface area (Å²) in [5, 5.41) is 6.98. The molecule has 0 radical (unpaired) electrons. The lowest BCUT2D eigenvalue weighted by molar-refractivity contribution is 0.0920. The number of carbonyl (C=O) groups excluding carboxylic acids is 1. The van der Waals surface area contributed by atoms with Gasteiger partial charge in [-0.3, -0.25) is 4.79 Å². The predicted molar refractivity (Wildman–Crippen MR) is 74.1 cm³/mol. The molecule has 1 aliphatic rings. The molecule has 0 bridgehead atoms. The summed E-state index contributed by atoms with van der Waals surface area (Å²) in [5.74, 6) is -0.0794. The van der Waals surface area contributed by atoms with Crippen LogP contribution in [-0.2, 0) is 0 Å². The maximum absolute atomic E-state index is 12.2. The van der Waals surface area contributed by atoms with Gasteiger partial charge in [0, 0.05) is 12.1 Å². The molecule has 98 valence electrons. The van der Waals surface area contributed by atoms with Gasteiger partial charge in [-0.15, -0.1) is 0 Å². The molecule has 1 aromatic carbocycles. The molecule has 0 spiro atoms. The van der Waals surface area contributed by atoms with Gasteiger partial charge in [0.1, 0.15) is 0 Å². The quantitative estimate of drug-likeness (QED) is 0.864. The van der Waals surface area contributed by atoms with Gasteiger partial charge in [-0.05, 0) is 44.9 Å². The number of aryl methyl sites for hydroxylation is 1. The van der Waals surface area contributed by atoms with Crippen molar-refractivity contribution in [3.8, 4) is 0 Å². The molecule has 4 heteroatoms. The molecular weight excluding hydrogens is 248 g/mol. The van der Waals surface area contributed by atoms with E-state index >= 15 is 0 Å². The second kappa shape index (κ2) is 5.72. The van der Waals surface area contributed by atoms with Gasteiger partial charge in [0.25, 0.3) is 5.91 Å². The topological polar surface area (TPSA) is 41.1 Å². The maximum atomic E-state index is 12.2. The highest BCUT2D eigenvalue weighted by molar-refractivity contribution is 6.34. The van der Waals surface area contributed by atoms with Crippen molar-refractivity contribution >= 4 is 17.5 Å². The van der Waals surface area contributed by atoms with Crippen LogP contribution in [0.3, 0.4) is 0 Å². The number of hydrogen-bond donors (Lipinski definition) is 2. The monoisotopic (exact) mass is 266 g/mol. The van der Waals surface area contributed by atoms with Gasteiger partial charge in [0.05, 0.1) is 10.6 Å². The SMILES string of the molecule is Cc1cccc(C(=O)NC2CCCNC2C)c1Cl. The van der Waals surface area contributed by atoms with Crippen molar-refractivity contribution < 1.29 is 4.79 Å². The van der Waals surface area contributed by atoms with Crippen molar-refractivity contribution in [2.45, 2.75) is 38.8 Å². The Morgan fingerprint density at radius 2 is 2.28 bits per heavy atom. The van der Waals surface area contributed by atoms with Gasteiger partial charge in [0.15, 0.2) is 0 Å².